The average Bonchev–Trinajstić information content (AvgIpc) is 2.33. The lowest BCUT2D eigenvalue weighted by molar-refractivity contribution is -0.148. The van der Waals surface area contributed by atoms with E-state index in [1.165, 1.54) is 0 Å². The number of aliphatic hydroxyl groups excluding tert-OH is 1. The number of halogens is 1. The second kappa shape index (κ2) is 3.85. The maximum absolute atomic E-state index is 12.7. The lowest BCUT2D eigenvalue weighted by Gasteiger charge is -2.06. The predicted octanol–water partition coefficient (Wildman–Crippen LogP) is 0.659. The molecule has 3 atom stereocenters. The van der Waals surface area contributed by atoms with Crippen LogP contribution in [0, 0.1) is 5.92 Å². The second-order valence-corrected chi connectivity index (χ2v) is 3.00. The molecule has 70 valence electrons. The Balaban J connectivity index is 2.40. The number of carbonyl (C=O) groups excluding carboxylic acids is 1. The zero-order valence-electron chi connectivity index (χ0n) is 7.00. The molecule has 0 heterocycles. The van der Waals surface area contributed by atoms with Gasteiger partial charge in [-0.3, -0.25) is 4.79 Å². The van der Waals surface area contributed by atoms with E-state index in [1.807, 2.05) is 0 Å². The highest BCUT2D eigenvalue weighted by atomic mass is 19.1. The fourth-order valence-electron chi connectivity index (χ4n) is 1.42. The topological polar surface area (TPSA) is 46.5 Å². The fraction of sp³-hybridized carbons (Fsp3) is 0.875. The lowest BCUT2D eigenvalue weighted by atomic mass is 10.1. The molecule has 12 heavy (non-hydrogen) atoms. The number of hydrogen-bond donors (Lipinski definition) is 1. The molecule has 0 aromatic heterocycles. The molecule has 0 bridgehead atoms. The third-order valence-electron chi connectivity index (χ3n) is 2.07. The minimum atomic E-state index is -1.26. The summed E-state index contributed by atoms with van der Waals surface area (Å²) in [7, 11) is 0. The molecule has 1 rings (SSSR count). The van der Waals surface area contributed by atoms with E-state index in [0.717, 1.165) is 0 Å². The van der Waals surface area contributed by atoms with E-state index in [2.05, 4.69) is 0 Å². The molecule has 1 aliphatic rings. The number of hydrogen-bond acceptors (Lipinski definition) is 3. The second-order valence-electron chi connectivity index (χ2n) is 3.00. The van der Waals surface area contributed by atoms with Gasteiger partial charge < -0.3 is 9.84 Å². The van der Waals surface area contributed by atoms with Gasteiger partial charge in [0.15, 0.2) is 0 Å². The summed E-state index contributed by atoms with van der Waals surface area (Å²) in [4.78, 5) is 11.0. The first kappa shape index (κ1) is 9.45. The van der Waals surface area contributed by atoms with Crippen LogP contribution in [-0.2, 0) is 9.53 Å². The van der Waals surface area contributed by atoms with Crippen LogP contribution in [0.25, 0.3) is 0 Å². The Kier molecular flexibility index (Phi) is 3.03. The first-order valence-corrected chi connectivity index (χ1v) is 4.14. The Morgan fingerprint density at radius 1 is 1.67 bits per heavy atom. The molecule has 1 saturated carbocycles. The zero-order valence-corrected chi connectivity index (χ0v) is 7.00. The van der Waals surface area contributed by atoms with Gasteiger partial charge in [0, 0.05) is 0 Å². The first-order valence-electron chi connectivity index (χ1n) is 4.14. The van der Waals surface area contributed by atoms with Crippen LogP contribution in [0.2, 0.25) is 0 Å². The van der Waals surface area contributed by atoms with Crippen molar-refractivity contribution in [2.45, 2.75) is 32.0 Å². The quantitative estimate of drug-likeness (QED) is 0.628. The smallest absolute Gasteiger partial charge is 0.309 e. The lowest BCUT2D eigenvalue weighted by Crippen LogP contribution is -2.15. The van der Waals surface area contributed by atoms with Crippen molar-refractivity contribution in [1.29, 1.82) is 0 Å². The van der Waals surface area contributed by atoms with Gasteiger partial charge in [-0.1, -0.05) is 0 Å². The van der Waals surface area contributed by atoms with E-state index in [4.69, 9.17) is 9.84 Å². The number of rotatable bonds is 2. The average molecular weight is 176 g/mol. The Labute approximate surface area is 70.5 Å². The van der Waals surface area contributed by atoms with Crippen molar-refractivity contribution in [1.82, 2.24) is 0 Å². The summed E-state index contributed by atoms with van der Waals surface area (Å²) in [6.07, 6.45) is -1.96. The number of carbonyl (C=O) groups is 1. The summed E-state index contributed by atoms with van der Waals surface area (Å²) in [6.45, 7) is 2.01. The molecular weight excluding hydrogens is 163 g/mol. The van der Waals surface area contributed by atoms with Crippen molar-refractivity contribution in [3.8, 4) is 0 Å². The van der Waals surface area contributed by atoms with Crippen LogP contribution in [0.15, 0.2) is 0 Å². The maximum atomic E-state index is 12.7. The molecule has 3 unspecified atom stereocenters. The predicted molar refractivity (Wildman–Crippen MR) is 40.3 cm³/mol. The summed E-state index contributed by atoms with van der Waals surface area (Å²) in [5.74, 6) is -0.841. The van der Waals surface area contributed by atoms with Crippen molar-refractivity contribution in [3.63, 3.8) is 0 Å². The van der Waals surface area contributed by atoms with Crippen molar-refractivity contribution in [3.05, 3.63) is 0 Å². The van der Waals surface area contributed by atoms with Gasteiger partial charge in [0.25, 0.3) is 0 Å². The number of aliphatic hydroxyl groups is 1. The van der Waals surface area contributed by atoms with Crippen molar-refractivity contribution < 1.29 is 19.0 Å². The van der Waals surface area contributed by atoms with Crippen LogP contribution < -0.4 is 0 Å². The molecule has 3 nitrogen and oxygen atoms in total. The Morgan fingerprint density at radius 2 is 2.33 bits per heavy atom. The minimum Gasteiger partial charge on any atom is -0.466 e. The Morgan fingerprint density at radius 3 is 2.75 bits per heavy atom. The molecule has 0 amide bonds. The molecule has 1 aliphatic carbocycles. The van der Waals surface area contributed by atoms with Gasteiger partial charge in [-0.2, -0.15) is 0 Å². The summed E-state index contributed by atoms with van der Waals surface area (Å²) < 4.78 is 17.4. The van der Waals surface area contributed by atoms with Gasteiger partial charge in [0.05, 0.1) is 18.6 Å². The van der Waals surface area contributed by atoms with Gasteiger partial charge in [-0.15, -0.1) is 0 Å². The van der Waals surface area contributed by atoms with Crippen molar-refractivity contribution in [2.75, 3.05) is 6.61 Å². The molecule has 0 aromatic carbocycles. The summed E-state index contributed by atoms with van der Waals surface area (Å²) in [6, 6.07) is 0. The molecule has 1 fully saturated rings. The van der Waals surface area contributed by atoms with E-state index in [1.54, 1.807) is 6.92 Å². The van der Waals surface area contributed by atoms with Gasteiger partial charge in [-0.05, 0) is 19.8 Å². The Hall–Kier alpha value is -0.640. The molecule has 0 radical (unpaired) electrons. The van der Waals surface area contributed by atoms with Crippen LogP contribution in [-0.4, -0.2) is 30.0 Å². The van der Waals surface area contributed by atoms with Gasteiger partial charge in [0.2, 0.25) is 0 Å². The van der Waals surface area contributed by atoms with Crippen LogP contribution in [0.4, 0.5) is 4.39 Å². The highest BCUT2D eigenvalue weighted by Gasteiger charge is 2.37. The SMILES string of the molecule is CCOC(=O)C1CC(O)C(F)C1. The van der Waals surface area contributed by atoms with Crippen LogP contribution in [0.3, 0.4) is 0 Å². The van der Waals surface area contributed by atoms with E-state index in [0.29, 0.717) is 6.61 Å². The van der Waals surface area contributed by atoms with E-state index in [9.17, 15) is 9.18 Å². The summed E-state index contributed by atoms with van der Waals surface area (Å²) in [5, 5.41) is 9.00. The number of ether oxygens (including phenoxy) is 1. The molecular formula is C8H13FO3. The zero-order chi connectivity index (χ0) is 9.14. The fourth-order valence-corrected chi connectivity index (χ4v) is 1.42. The third-order valence-corrected chi connectivity index (χ3v) is 2.07. The summed E-state index contributed by atoms with van der Waals surface area (Å²) >= 11 is 0. The van der Waals surface area contributed by atoms with Crippen LogP contribution in [0.5, 0.6) is 0 Å². The van der Waals surface area contributed by atoms with Crippen molar-refractivity contribution in [2.24, 2.45) is 5.92 Å². The van der Waals surface area contributed by atoms with Crippen LogP contribution >= 0.6 is 0 Å². The summed E-state index contributed by atoms with van der Waals surface area (Å²) in [5.41, 5.74) is 0. The van der Waals surface area contributed by atoms with Gasteiger partial charge in [-0.25, -0.2) is 4.39 Å². The number of alkyl halides is 1. The Bertz CT molecular complexity index is 162. The van der Waals surface area contributed by atoms with Gasteiger partial charge in [0.1, 0.15) is 6.17 Å². The maximum Gasteiger partial charge on any atom is 0.309 e. The molecule has 0 spiro atoms. The van der Waals surface area contributed by atoms with E-state index >= 15 is 0 Å². The molecule has 4 heteroatoms. The molecule has 1 N–H and O–H groups in total. The van der Waals surface area contributed by atoms with E-state index in [-0.39, 0.29) is 12.8 Å². The standard InChI is InChI=1S/C8H13FO3/c1-2-12-8(11)5-3-6(9)7(10)4-5/h5-7,10H,2-4H2,1H3. The monoisotopic (exact) mass is 176 g/mol. The molecule has 0 saturated heterocycles. The third kappa shape index (κ3) is 1.94. The first-order chi connectivity index (χ1) is 5.65. The van der Waals surface area contributed by atoms with E-state index < -0.39 is 24.2 Å². The molecule has 0 aliphatic heterocycles. The largest absolute Gasteiger partial charge is 0.466 e. The number of esters is 1. The van der Waals surface area contributed by atoms with Crippen LogP contribution in [0.1, 0.15) is 19.8 Å². The normalized spacial score (nSPS) is 35.1. The highest BCUT2D eigenvalue weighted by Crippen LogP contribution is 2.29. The minimum absolute atomic E-state index is 0.0972. The molecule has 0 aromatic rings. The van der Waals surface area contributed by atoms with Gasteiger partial charge >= 0.3 is 5.97 Å². The highest BCUT2D eigenvalue weighted by molar-refractivity contribution is 5.72. The van der Waals surface area contributed by atoms with Crippen molar-refractivity contribution >= 4 is 5.97 Å².